The number of anilines is 1. The summed E-state index contributed by atoms with van der Waals surface area (Å²) in [4.78, 5) is 26.1. The summed E-state index contributed by atoms with van der Waals surface area (Å²) >= 11 is 0. The van der Waals surface area contributed by atoms with Crippen LogP contribution in [0.3, 0.4) is 0 Å². The smallest absolute Gasteiger partial charge is 0.355 e. The molecule has 8 nitrogen and oxygen atoms in total. The second-order valence-electron chi connectivity index (χ2n) is 7.94. The average Bonchev–Trinajstić information content (AvgIpc) is 3.24. The van der Waals surface area contributed by atoms with Gasteiger partial charge in [-0.15, -0.1) is 0 Å². The Hall–Kier alpha value is -2.59. The van der Waals surface area contributed by atoms with E-state index < -0.39 is 11.9 Å². The Morgan fingerprint density at radius 2 is 2.00 bits per heavy atom. The topological polar surface area (TPSA) is 94.5 Å². The molecular formula is C20H30F3N7O. The summed E-state index contributed by atoms with van der Waals surface area (Å²) in [7, 11) is 1.65. The molecule has 1 aliphatic carbocycles. The molecular weight excluding hydrogens is 411 g/mol. The van der Waals surface area contributed by atoms with E-state index in [2.05, 4.69) is 30.9 Å². The number of guanidine groups is 1. The van der Waals surface area contributed by atoms with Gasteiger partial charge in [0, 0.05) is 51.4 Å². The van der Waals surface area contributed by atoms with Gasteiger partial charge in [-0.3, -0.25) is 9.79 Å². The fourth-order valence-electron chi connectivity index (χ4n) is 4.03. The SMILES string of the molecule is CN=C(NCCNc1nccc(C(F)(F)F)n1)NC1CCN(C(=O)C2CCCCC2)C1. The highest BCUT2D eigenvalue weighted by molar-refractivity contribution is 5.81. The molecule has 0 bridgehead atoms. The van der Waals surface area contributed by atoms with Crippen molar-refractivity contribution in [1.29, 1.82) is 0 Å². The van der Waals surface area contributed by atoms with E-state index in [0.29, 0.717) is 25.6 Å². The van der Waals surface area contributed by atoms with Gasteiger partial charge in [0.25, 0.3) is 0 Å². The Balaban J connectivity index is 1.39. The maximum atomic E-state index is 12.7. The first-order valence-corrected chi connectivity index (χ1v) is 10.8. The normalized spacial score (nSPS) is 20.6. The van der Waals surface area contributed by atoms with Crippen molar-refractivity contribution in [2.45, 2.75) is 50.7 Å². The van der Waals surface area contributed by atoms with Crippen molar-refractivity contribution in [1.82, 2.24) is 25.5 Å². The molecule has 1 saturated carbocycles. The summed E-state index contributed by atoms with van der Waals surface area (Å²) in [6, 6.07) is 0.956. The highest BCUT2D eigenvalue weighted by atomic mass is 19.4. The molecule has 11 heteroatoms. The minimum atomic E-state index is -4.50. The molecule has 1 aromatic heterocycles. The highest BCUT2D eigenvalue weighted by Gasteiger charge is 2.33. The van der Waals surface area contributed by atoms with Crippen LogP contribution in [0.5, 0.6) is 0 Å². The minimum absolute atomic E-state index is 0.0766. The van der Waals surface area contributed by atoms with Gasteiger partial charge >= 0.3 is 6.18 Å². The number of hydrogen-bond acceptors (Lipinski definition) is 5. The molecule has 1 unspecified atom stereocenters. The van der Waals surface area contributed by atoms with Crippen LogP contribution in [0.2, 0.25) is 0 Å². The van der Waals surface area contributed by atoms with Crippen molar-refractivity contribution in [3.63, 3.8) is 0 Å². The standard InChI is InChI=1S/C20H30F3N7O/c1-24-18(26-10-11-27-19-25-9-7-16(29-19)20(21,22)23)28-15-8-12-30(13-15)17(31)14-5-3-2-4-6-14/h7,9,14-15H,2-6,8,10-13H2,1H3,(H2,24,26,28)(H,25,27,29). The number of carbonyl (C=O) groups is 1. The maximum Gasteiger partial charge on any atom is 0.433 e. The van der Waals surface area contributed by atoms with Gasteiger partial charge in [0.1, 0.15) is 5.69 Å². The van der Waals surface area contributed by atoms with Crippen LogP contribution in [-0.2, 0) is 11.0 Å². The van der Waals surface area contributed by atoms with Gasteiger partial charge in [0.05, 0.1) is 0 Å². The molecule has 1 amide bonds. The molecule has 0 radical (unpaired) electrons. The van der Waals surface area contributed by atoms with Crippen LogP contribution in [0, 0.1) is 5.92 Å². The molecule has 1 aliphatic heterocycles. The van der Waals surface area contributed by atoms with Gasteiger partial charge < -0.3 is 20.9 Å². The molecule has 1 aromatic rings. The number of hydrogen-bond donors (Lipinski definition) is 3. The van der Waals surface area contributed by atoms with Gasteiger partial charge in [0.2, 0.25) is 11.9 Å². The summed E-state index contributed by atoms with van der Waals surface area (Å²) in [5, 5.41) is 9.20. The van der Waals surface area contributed by atoms with E-state index >= 15 is 0 Å². The highest BCUT2D eigenvalue weighted by Crippen LogP contribution is 2.28. The molecule has 2 fully saturated rings. The number of halogens is 3. The fourth-order valence-corrected chi connectivity index (χ4v) is 4.03. The summed E-state index contributed by atoms with van der Waals surface area (Å²) in [6.45, 7) is 2.14. The third-order valence-electron chi connectivity index (χ3n) is 5.67. The van der Waals surface area contributed by atoms with E-state index in [0.717, 1.165) is 50.9 Å². The Morgan fingerprint density at radius 1 is 1.23 bits per heavy atom. The predicted molar refractivity (Wildman–Crippen MR) is 112 cm³/mol. The molecule has 3 rings (SSSR count). The molecule has 1 saturated heterocycles. The number of carbonyl (C=O) groups excluding carboxylic acids is 1. The van der Waals surface area contributed by atoms with Crippen molar-refractivity contribution in [2.24, 2.45) is 10.9 Å². The lowest BCUT2D eigenvalue weighted by Crippen LogP contribution is -2.46. The second kappa shape index (κ2) is 10.6. The van der Waals surface area contributed by atoms with Crippen molar-refractivity contribution < 1.29 is 18.0 Å². The van der Waals surface area contributed by atoms with Crippen LogP contribution in [0.1, 0.15) is 44.2 Å². The summed E-state index contributed by atoms with van der Waals surface area (Å²) < 4.78 is 38.1. The Bertz CT molecular complexity index is 765. The number of rotatable bonds is 6. The molecule has 2 heterocycles. The molecule has 2 aliphatic rings. The van der Waals surface area contributed by atoms with E-state index in [1.165, 1.54) is 6.42 Å². The molecule has 3 N–H and O–H groups in total. The zero-order chi connectivity index (χ0) is 22.3. The van der Waals surface area contributed by atoms with E-state index in [9.17, 15) is 18.0 Å². The molecule has 31 heavy (non-hydrogen) atoms. The molecule has 172 valence electrons. The fraction of sp³-hybridized carbons (Fsp3) is 0.700. The van der Waals surface area contributed by atoms with Crippen molar-refractivity contribution in [3.05, 3.63) is 18.0 Å². The Kier molecular flexibility index (Phi) is 7.91. The van der Waals surface area contributed by atoms with E-state index in [1.807, 2.05) is 4.90 Å². The van der Waals surface area contributed by atoms with E-state index in [1.54, 1.807) is 7.05 Å². The lowest BCUT2D eigenvalue weighted by molar-refractivity contribution is -0.141. The van der Waals surface area contributed by atoms with Crippen LogP contribution in [0.25, 0.3) is 0 Å². The number of likely N-dealkylation sites (tertiary alicyclic amines) is 1. The average molecular weight is 442 g/mol. The largest absolute Gasteiger partial charge is 0.433 e. The first kappa shape index (κ1) is 23.1. The molecule has 1 atom stereocenters. The van der Waals surface area contributed by atoms with Crippen LogP contribution in [0.15, 0.2) is 17.3 Å². The van der Waals surface area contributed by atoms with Crippen LogP contribution in [-0.4, -0.2) is 66.0 Å². The first-order valence-electron chi connectivity index (χ1n) is 10.8. The third-order valence-corrected chi connectivity index (χ3v) is 5.67. The minimum Gasteiger partial charge on any atom is -0.355 e. The van der Waals surface area contributed by atoms with E-state index in [4.69, 9.17) is 0 Å². The zero-order valence-corrected chi connectivity index (χ0v) is 17.7. The summed E-state index contributed by atoms with van der Waals surface area (Å²) in [5.41, 5.74) is -0.982. The quantitative estimate of drug-likeness (QED) is 0.356. The monoisotopic (exact) mass is 441 g/mol. The van der Waals surface area contributed by atoms with Gasteiger partial charge in [-0.2, -0.15) is 13.2 Å². The van der Waals surface area contributed by atoms with Crippen molar-refractivity contribution in [3.8, 4) is 0 Å². The second-order valence-corrected chi connectivity index (χ2v) is 7.94. The number of nitrogens with one attached hydrogen (secondary N) is 3. The zero-order valence-electron chi connectivity index (χ0n) is 17.7. The number of aromatic nitrogens is 2. The van der Waals surface area contributed by atoms with Crippen molar-refractivity contribution in [2.75, 3.05) is 38.5 Å². The number of nitrogens with zero attached hydrogens (tertiary/aromatic N) is 4. The van der Waals surface area contributed by atoms with Gasteiger partial charge in [0.15, 0.2) is 5.96 Å². The predicted octanol–water partition coefficient (Wildman–Crippen LogP) is 2.25. The Morgan fingerprint density at radius 3 is 2.71 bits per heavy atom. The van der Waals surface area contributed by atoms with Gasteiger partial charge in [-0.05, 0) is 25.3 Å². The molecule has 0 spiro atoms. The first-order chi connectivity index (χ1) is 14.9. The van der Waals surface area contributed by atoms with Crippen molar-refractivity contribution >= 4 is 17.8 Å². The third kappa shape index (κ3) is 6.70. The van der Waals surface area contributed by atoms with Gasteiger partial charge in [-0.1, -0.05) is 19.3 Å². The summed E-state index contributed by atoms with van der Waals surface area (Å²) in [6.07, 6.45) is 2.94. The van der Waals surface area contributed by atoms with Crippen LogP contribution >= 0.6 is 0 Å². The number of alkyl halides is 3. The number of amides is 1. The summed E-state index contributed by atoms with van der Waals surface area (Å²) in [5.74, 6) is 0.960. The Labute approximate surface area is 180 Å². The van der Waals surface area contributed by atoms with Crippen LogP contribution < -0.4 is 16.0 Å². The van der Waals surface area contributed by atoms with E-state index in [-0.39, 0.29) is 23.8 Å². The maximum absolute atomic E-state index is 12.7. The van der Waals surface area contributed by atoms with Crippen LogP contribution in [0.4, 0.5) is 19.1 Å². The number of aliphatic imine (C=N–C) groups is 1. The lowest BCUT2D eigenvalue weighted by atomic mass is 9.88. The van der Waals surface area contributed by atoms with Gasteiger partial charge in [-0.25, -0.2) is 9.97 Å². The molecule has 0 aromatic carbocycles. The lowest BCUT2D eigenvalue weighted by Gasteiger charge is -2.26.